The number of pyridine rings is 1. The molecule has 0 spiro atoms. The fourth-order valence-corrected chi connectivity index (χ4v) is 3.21. The van der Waals surface area contributed by atoms with Crippen LogP contribution in [0.25, 0.3) is 17.0 Å². The summed E-state index contributed by atoms with van der Waals surface area (Å²) in [6, 6.07) is 3.68. The average Bonchev–Trinajstić information content (AvgIpc) is 2.92. The van der Waals surface area contributed by atoms with Crippen molar-refractivity contribution in [1.82, 2.24) is 19.2 Å². The molecule has 3 heterocycles. The van der Waals surface area contributed by atoms with Crippen LogP contribution in [-0.2, 0) is 6.54 Å². The third kappa shape index (κ3) is 2.80. The van der Waals surface area contributed by atoms with Crippen molar-refractivity contribution in [3.05, 3.63) is 45.0 Å². The molecule has 0 unspecified atom stereocenters. The molecule has 0 aliphatic heterocycles. The molecule has 0 aliphatic carbocycles. The van der Waals surface area contributed by atoms with Gasteiger partial charge in [-0.3, -0.25) is 9.36 Å². The zero-order chi connectivity index (χ0) is 18.3. The highest BCUT2D eigenvalue weighted by molar-refractivity contribution is 6.33. The smallest absolute Gasteiger partial charge is 0.278 e. The lowest BCUT2D eigenvalue weighted by molar-refractivity contribution is 0.413. The van der Waals surface area contributed by atoms with Crippen molar-refractivity contribution in [2.75, 3.05) is 7.11 Å². The molecular formula is C18H21ClN4O2. The minimum atomic E-state index is -0.0852. The normalized spacial score (nSPS) is 11.5. The quantitative estimate of drug-likeness (QED) is 0.712. The van der Waals surface area contributed by atoms with E-state index in [-0.39, 0.29) is 11.5 Å². The third-order valence-electron chi connectivity index (χ3n) is 4.28. The largest absolute Gasteiger partial charge is 0.495 e. The second kappa shape index (κ2) is 6.52. The molecule has 0 aliphatic rings. The summed E-state index contributed by atoms with van der Waals surface area (Å²) < 4.78 is 8.45. The van der Waals surface area contributed by atoms with Gasteiger partial charge in [-0.05, 0) is 31.4 Å². The molecule has 0 radical (unpaired) electrons. The Kier molecular flexibility index (Phi) is 4.56. The molecule has 6 nitrogen and oxygen atoms in total. The van der Waals surface area contributed by atoms with E-state index in [0.717, 1.165) is 11.3 Å². The van der Waals surface area contributed by atoms with Crippen LogP contribution >= 0.6 is 11.6 Å². The monoisotopic (exact) mass is 360 g/mol. The van der Waals surface area contributed by atoms with Crippen molar-refractivity contribution in [1.29, 1.82) is 0 Å². The van der Waals surface area contributed by atoms with E-state index in [4.69, 9.17) is 16.3 Å². The summed E-state index contributed by atoms with van der Waals surface area (Å²) in [6.45, 7) is 8.46. The van der Waals surface area contributed by atoms with E-state index in [9.17, 15) is 4.79 Å². The van der Waals surface area contributed by atoms with E-state index in [0.29, 0.717) is 34.4 Å². The van der Waals surface area contributed by atoms with Gasteiger partial charge in [0, 0.05) is 18.3 Å². The van der Waals surface area contributed by atoms with Crippen LogP contribution in [0.2, 0.25) is 5.02 Å². The number of fused-ring (bicyclic) bond motifs is 1. The zero-order valence-electron chi connectivity index (χ0n) is 15.0. The highest BCUT2D eigenvalue weighted by Crippen LogP contribution is 2.28. The Hall–Kier alpha value is -2.34. The molecule has 3 rings (SSSR count). The predicted octanol–water partition coefficient (Wildman–Crippen LogP) is 3.67. The molecule has 0 amide bonds. The van der Waals surface area contributed by atoms with E-state index >= 15 is 0 Å². The third-order valence-corrected chi connectivity index (χ3v) is 4.57. The van der Waals surface area contributed by atoms with E-state index in [2.05, 4.69) is 23.9 Å². The minimum Gasteiger partial charge on any atom is -0.495 e. The van der Waals surface area contributed by atoms with E-state index < -0.39 is 0 Å². The Labute approximate surface area is 151 Å². The molecule has 0 aromatic carbocycles. The Balaban J connectivity index is 2.37. The molecule has 7 heteroatoms. The SMILES string of the molecule is CCn1c(-c2ncc(OC)cc2Cl)nn2c(C)cc(C(C)C)c2c1=O. The number of nitrogens with zero attached hydrogens (tertiary/aromatic N) is 4. The molecule has 3 aromatic heterocycles. The van der Waals surface area contributed by atoms with Crippen LogP contribution in [0.15, 0.2) is 23.1 Å². The van der Waals surface area contributed by atoms with Crippen LogP contribution in [-0.4, -0.2) is 26.3 Å². The number of hydrogen-bond acceptors (Lipinski definition) is 4. The van der Waals surface area contributed by atoms with E-state index in [1.807, 2.05) is 19.9 Å². The lowest BCUT2D eigenvalue weighted by Crippen LogP contribution is -2.26. The molecule has 25 heavy (non-hydrogen) atoms. The molecule has 0 saturated carbocycles. The van der Waals surface area contributed by atoms with Crippen LogP contribution in [0, 0.1) is 6.92 Å². The Morgan fingerprint density at radius 2 is 2.04 bits per heavy atom. The number of halogens is 1. The topological polar surface area (TPSA) is 61.4 Å². The van der Waals surface area contributed by atoms with E-state index in [1.54, 1.807) is 28.5 Å². The summed E-state index contributed by atoms with van der Waals surface area (Å²) in [6.07, 6.45) is 1.57. The second-order valence-corrected chi connectivity index (χ2v) is 6.64. The maximum Gasteiger partial charge on any atom is 0.278 e. The van der Waals surface area contributed by atoms with Crippen molar-refractivity contribution in [2.24, 2.45) is 0 Å². The molecular weight excluding hydrogens is 340 g/mol. The van der Waals surface area contributed by atoms with Gasteiger partial charge in [0.2, 0.25) is 0 Å². The van der Waals surface area contributed by atoms with Gasteiger partial charge in [0.15, 0.2) is 5.82 Å². The second-order valence-electron chi connectivity index (χ2n) is 6.23. The molecule has 0 saturated heterocycles. The molecule has 0 bridgehead atoms. The first kappa shape index (κ1) is 17.5. The van der Waals surface area contributed by atoms with Crippen molar-refractivity contribution < 1.29 is 4.74 Å². The fraction of sp³-hybridized carbons (Fsp3) is 0.389. The van der Waals surface area contributed by atoms with Crippen LogP contribution in [0.5, 0.6) is 5.75 Å². The molecule has 0 N–H and O–H groups in total. The van der Waals surface area contributed by atoms with Crippen molar-refractivity contribution in [3.63, 3.8) is 0 Å². The summed E-state index contributed by atoms with van der Waals surface area (Å²) in [7, 11) is 1.55. The number of methoxy groups -OCH3 is 1. The minimum absolute atomic E-state index is 0.0852. The lowest BCUT2D eigenvalue weighted by atomic mass is 10.1. The Bertz CT molecular complexity index is 1000. The van der Waals surface area contributed by atoms with Gasteiger partial charge in [0.25, 0.3) is 5.56 Å². The first-order valence-corrected chi connectivity index (χ1v) is 8.59. The van der Waals surface area contributed by atoms with Crippen molar-refractivity contribution in [2.45, 2.75) is 40.2 Å². The maximum absolute atomic E-state index is 13.1. The van der Waals surface area contributed by atoms with Gasteiger partial charge in [-0.1, -0.05) is 25.4 Å². The fourth-order valence-electron chi connectivity index (χ4n) is 2.97. The molecule has 0 atom stereocenters. The van der Waals surface area contributed by atoms with Gasteiger partial charge in [-0.15, -0.1) is 5.10 Å². The highest BCUT2D eigenvalue weighted by Gasteiger charge is 2.21. The van der Waals surface area contributed by atoms with Crippen LogP contribution < -0.4 is 10.3 Å². The van der Waals surface area contributed by atoms with Crippen molar-refractivity contribution in [3.8, 4) is 17.3 Å². The first-order chi connectivity index (χ1) is 11.9. The van der Waals surface area contributed by atoms with Crippen molar-refractivity contribution >= 4 is 17.1 Å². The lowest BCUT2D eigenvalue weighted by Gasteiger charge is -2.13. The van der Waals surface area contributed by atoms with E-state index in [1.165, 1.54) is 0 Å². The predicted molar refractivity (Wildman–Crippen MR) is 98.7 cm³/mol. The zero-order valence-corrected chi connectivity index (χ0v) is 15.8. The number of aryl methyl sites for hydroxylation is 1. The Morgan fingerprint density at radius 1 is 1.32 bits per heavy atom. The summed E-state index contributed by atoms with van der Waals surface area (Å²) in [5, 5.41) is 5.08. The van der Waals surface area contributed by atoms with Crippen LogP contribution in [0.1, 0.15) is 37.9 Å². The first-order valence-electron chi connectivity index (χ1n) is 8.22. The summed E-state index contributed by atoms with van der Waals surface area (Å²) in [4.78, 5) is 17.5. The number of hydrogen-bond donors (Lipinski definition) is 0. The number of aromatic nitrogens is 4. The van der Waals surface area contributed by atoms with Gasteiger partial charge < -0.3 is 4.74 Å². The standard InChI is InChI=1S/C18H21ClN4O2/c1-6-22-17(15-14(19)8-12(25-5)9-20-15)21-23-11(4)7-13(10(2)3)16(23)18(22)24/h7-10H,6H2,1-5H3. The molecule has 132 valence electrons. The summed E-state index contributed by atoms with van der Waals surface area (Å²) >= 11 is 6.36. The summed E-state index contributed by atoms with van der Waals surface area (Å²) in [5.41, 5.74) is 2.89. The molecule has 3 aromatic rings. The average molecular weight is 361 g/mol. The van der Waals surface area contributed by atoms with Gasteiger partial charge >= 0.3 is 0 Å². The molecule has 0 fully saturated rings. The van der Waals surface area contributed by atoms with Gasteiger partial charge in [-0.25, -0.2) is 9.50 Å². The Morgan fingerprint density at radius 3 is 2.60 bits per heavy atom. The maximum atomic E-state index is 13.1. The van der Waals surface area contributed by atoms with Crippen LogP contribution in [0.3, 0.4) is 0 Å². The van der Waals surface area contributed by atoms with Gasteiger partial charge in [0.05, 0.1) is 18.3 Å². The summed E-state index contributed by atoms with van der Waals surface area (Å²) in [5.74, 6) is 1.23. The van der Waals surface area contributed by atoms with Gasteiger partial charge in [-0.2, -0.15) is 0 Å². The van der Waals surface area contributed by atoms with Crippen LogP contribution in [0.4, 0.5) is 0 Å². The highest BCUT2D eigenvalue weighted by atomic mass is 35.5. The number of rotatable bonds is 4. The van der Waals surface area contributed by atoms with Gasteiger partial charge in [0.1, 0.15) is 17.0 Å². The number of ether oxygens (including phenoxy) is 1.